The Morgan fingerprint density at radius 1 is 1.21 bits per heavy atom. The zero-order valence-corrected chi connectivity index (χ0v) is 10.3. The van der Waals surface area contributed by atoms with E-state index >= 15 is 0 Å². The first kappa shape index (κ1) is 11.2. The Kier molecular flexibility index (Phi) is 3.26. The van der Waals surface area contributed by atoms with E-state index in [1.54, 1.807) is 0 Å². The van der Waals surface area contributed by atoms with Crippen LogP contribution in [0.2, 0.25) is 0 Å². The topological polar surface area (TPSA) is 30.2 Å². The number of hydrogen-bond acceptors (Lipinski definition) is 2. The fourth-order valence-electron chi connectivity index (χ4n) is 1.53. The molecule has 0 atom stereocenters. The van der Waals surface area contributed by atoms with Crippen molar-refractivity contribution in [1.82, 2.24) is 14.4 Å². The van der Waals surface area contributed by atoms with Gasteiger partial charge >= 0.3 is 0 Å². The van der Waals surface area contributed by atoms with Gasteiger partial charge in [0.2, 0.25) is 0 Å². The lowest BCUT2D eigenvalue weighted by molar-refractivity contribution is 1.03. The molecule has 0 aliphatic heterocycles. The first-order valence-electron chi connectivity index (χ1n) is 4.52. The number of aryl methyl sites for hydroxylation is 3. The van der Waals surface area contributed by atoms with Gasteiger partial charge in [0.25, 0.3) is 0 Å². The standard InChI is InChI=1S/C10H13N3.BrH/c1-4-9-6-13-5-7(2)11-8(3)10(13)12-9;/h5-6H,4H2,1-3H3;1H. The van der Waals surface area contributed by atoms with E-state index in [2.05, 4.69) is 27.5 Å². The van der Waals surface area contributed by atoms with Crippen molar-refractivity contribution in [3.8, 4) is 0 Å². The molecule has 14 heavy (non-hydrogen) atoms. The van der Waals surface area contributed by atoms with E-state index in [-0.39, 0.29) is 17.0 Å². The van der Waals surface area contributed by atoms with Crippen molar-refractivity contribution >= 4 is 22.6 Å². The maximum atomic E-state index is 4.47. The third-order valence-electron chi connectivity index (χ3n) is 2.14. The van der Waals surface area contributed by atoms with Crippen molar-refractivity contribution in [3.63, 3.8) is 0 Å². The lowest BCUT2D eigenvalue weighted by atomic mass is 10.4. The van der Waals surface area contributed by atoms with Gasteiger partial charge in [0.15, 0.2) is 5.65 Å². The molecule has 0 saturated carbocycles. The number of imidazole rings is 1. The van der Waals surface area contributed by atoms with Gasteiger partial charge < -0.3 is 4.40 Å². The SMILES string of the molecule is Br.CCc1cn2cc(C)nc(C)c2n1. The van der Waals surface area contributed by atoms with Crippen LogP contribution in [0.1, 0.15) is 24.0 Å². The van der Waals surface area contributed by atoms with Crippen molar-refractivity contribution in [3.05, 3.63) is 29.5 Å². The van der Waals surface area contributed by atoms with E-state index in [0.29, 0.717) is 0 Å². The minimum atomic E-state index is 0. The Bertz CT molecular complexity index is 448. The molecule has 0 unspecified atom stereocenters. The molecule has 0 aromatic carbocycles. The molecule has 4 heteroatoms. The van der Waals surface area contributed by atoms with Crippen LogP contribution in [0.15, 0.2) is 12.4 Å². The summed E-state index contributed by atoms with van der Waals surface area (Å²) in [5.74, 6) is 0. The lowest BCUT2D eigenvalue weighted by Crippen LogP contribution is -1.93. The summed E-state index contributed by atoms with van der Waals surface area (Å²) >= 11 is 0. The summed E-state index contributed by atoms with van der Waals surface area (Å²) in [7, 11) is 0. The minimum absolute atomic E-state index is 0. The molecule has 0 N–H and O–H groups in total. The molecule has 0 aliphatic carbocycles. The third-order valence-corrected chi connectivity index (χ3v) is 2.14. The predicted octanol–water partition coefficient (Wildman–Crippen LogP) is 2.49. The van der Waals surface area contributed by atoms with Gasteiger partial charge in [0.05, 0.1) is 17.1 Å². The second kappa shape index (κ2) is 4.09. The molecule has 2 aromatic rings. The molecule has 0 saturated heterocycles. The number of halogens is 1. The van der Waals surface area contributed by atoms with Crippen molar-refractivity contribution in [2.75, 3.05) is 0 Å². The van der Waals surface area contributed by atoms with Crippen LogP contribution in [-0.2, 0) is 6.42 Å². The molecule has 0 aliphatic rings. The first-order chi connectivity index (χ1) is 6.20. The Morgan fingerprint density at radius 2 is 1.93 bits per heavy atom. The average molecular weight is 256 g/mol. The summed E-state index contributed by atoms with van der Waals surface area (Å²) < 4.78 is 2.05. The number of aromatic nitrogens is 3. The summed E-state index contributed by atoms with van der Waals surface area (Å²) in [4.78, 5) is 8.84. The van der Waals surface area contributed by atoms with Crippen LogP contribution < -0.4 is 0 Å². The summed E-state index contributed by atoms with van der Waals surface area (Å²) in [6.45, 7) is 6.10. The zero-order valence-electron chi connectivity index (χ0n) is 8.61. The third kappa shape index (κ3) is 1.80. The number of fused-ring (bicyclic) bond motifs is 1. The van der Waals surface area contributed by atoms with Crippen molar-refractivity contribution in [1.29, 1.82) is 0 Å². The van der Waals surface area contributed by atoms with Crippen LogP contribution in [-0.4, -0.2) is 14.4 Å². The van der Waals surface area contributed by atoms with E-state index in [0.717, 1.165) is 29.1 Å². The number of rotatable bonds is 1. The van der Waals surface area contributed by atoms with E-state index in [1.165, 1.54) is 0 Å². The van der Waals surface area contributed by atoms with Gasteiger partial charge in [-0.1, -0.05) is 6.92 Å². The molecule has 2 aromatic heterocycles. The predicted molar refractivity (Wildman–Crippen MR) is 62.2 cm³/mol. The average Bonchev–Trinajstić information content (AvgIpc) is 2.47. The van der Waals surface area contributed by atoms with E-state index in [9.17, 15) is 0 Å². The van der Waals surface area contributed by atoms with Crippen molar-refractivity contribution in [2.45, 2.75) is 27.2 Å². The first-order valence-corrected chi connectivity index (χ1v) is 4.52. The summed E-state index contributed by atoms with van der Waals surface area (Å²) in [6, 6.07) is 0. The quantitative estimate of drug-likeness (QED) is 0.784. The highest BCUT2D eigenvalue weighted by molar-refractivity contribution is 8.93. The molecular formula is C10H14BrN3. The van der Waals surface area contributed by atoms with Gasteiger partial charge in [0, 0.05) is 12.4 Å². The number of nitrogens with zero attached hydrogens (tertiary/aromatic N) is 3. The maximum Gasteiger partial charge on any atom is 0.158 e. The fourth-order valence-corrected chi connectivity index (χ4v) is 1.53. The van der Waals surface area contributed by atoms with Crippen LogP contribution in [0, 0.1) is 13.8 Å². The molecule has 2 heterocycles. The largest absolute Gasteiger partial charge is 0.303 e. The molecular weight excluding hydrogens is 242 g/mol. The lowest BCUT2D eigenvalue weighted by Gasteiger charge is -1.98. The molecule has 2 rings (SSSR count). The monoisotopic (exact) mass is 255 g/mol. The zero-order chi connectivity index (χ0) is 9.42. The Balaban J connectivity index is 0.000000980. The molecule has 0 spiro atoms. The normalized spacial score (nSPS) is 10.2. The van der Waals surface area contributed by atoms with Crippen molar-refractivity contribution < 1.29 is 0 Å². The molecule has 76 valence electrons. The van der Waals surface area contributed by atoms with E-state index < -0.39 is 0 Å². The van der Waals surface area contributed by atoms with Crippen LogP contribution in [0.5, 0.6) is 0 Å². The second-order valence-electron chi connectivity index (χ2n) is 3.28. The molecule has 0 fully saturated rings. The Hall–Kier alpha value is -0.900. The van der Waals surface area contributed by atoms with Crippen LogP contribution >= 0.6 is 17.0 Å². The molecule has 0 amide bonds. The van der Waals surface area contributed by atoms with Crippen LogP contribution in [0.3, 0.4) is 0 Å². The summed E-state index contributed by atoms with van der Waals surface area (Å²) in [6.07, 6.45) is 5.05. The minimum Gasteiger partial charge on any atom is -0.303 e. The van der Waals surface area contributed by atoms with E-state index in [4.69, 9.17) is 0 Å². The van der Waals surface area contributed by atoms with Gasteiger partial charge in [-0.3, -0.25) is 4.98 Å². The Morgan fingerprint density at radius 3 is 2.57 bits per heavy atom. The van der Waals surface area contributed by atoms with Gasteiger partial charge in [-0.2, -0.15) is 0 Å². The highest BCUT2D eigenvalue weighted by atomic mass is 79.9. The second-order valence-corrected chi connectivity index (χ2v) is 3.28. The molecule has 0 radical (unpaired) electrons. The van der Waals surface area contributed by atoms with Crippen LogP contribution in [0.4, 0.5) is 0 Å². The molecule has 0 bridgehead atoms. The van der Waals surface area contributed by atoms with Gasteiger partial charge in [-0.15, -0.1) is 17.0 Å². The maximum absolute atomic E-state index is 4.47. The fraction of sp³-hybridized carbons (Fsp3) is 0.400. The smallest absolute Gasteiger partial charge is 0.158 e. The highest BCUT2D eigenvalue weighted by Gasteiger charge is 2.03. The summed E-state index contributed by atoms with van der Waals surface area (Å²) in [5.41, 5.74) is 4.13. The summed E-state index contributed by atoms with van der Waals surface area (Å²) in [5, 5.41) is 0. The van der Waals surface area contributed by atoms with Gasteiger partial charge in [0.1, 0.15) is 0 Å². The Labute approximate surface area is 94.0 Å². The highest BCUT2D eigenvalue weighted by Crippen LogP contribution is 2.09. The number of hydrogen-bond donors (Lipinski definition) is 0. The van der Waals surface area contributed by atoms with Crippen molar-refractivity contribution in [2.24, 2.45) is 0 Å². The van der Waals surface area contributed by atoms with Gasteiger partial charge in [-0.25, -0.2) is 4.98 Å². The molecule has 3 nitrogen and oxygen atoms in total. The van der Waals surface area contributed by atoms with E-state index in [1.807, 2.05) is 20.0 Å². The van der Waals surface area contributed by atoms with Gasteiger partial charge in [-0.05, 0) is 20.3 Å². The van der Waals surface area contributed by atoms with Crippen LogP contribution in [0.25, 0.3) is 5.65 Å².